The summed E-state index contributed by atoms with van der Waals surface area (Å²) in [5.41, 5.74) is -0.0948. The number of furan rings is 1. The monoisotopic (exact) mass is 330 g/mol. The SMILES string of the molecule is C[C@H]1CCN(C(=O)Nc2ccncc2[N+](=O)[O-])[C@@H](c2ccco2)C1. The van der Waals surface area contributed by atoms with Crippen LogP contribution in [0.2, 0.25) is 0 Å². The van der Waals surface area contributed by atoms with Crippen LogP contribution >= 0.6 is 0 Å². The number of piperidine rings is 1. The van der Waals surface area contributed by atoms with Crippen molar-refractivity contribution in [1.82, 2.24) is 9.88 Å². The van der Waals surface area contributed by atoms with E-state index in [9.17, 15) is 14.9 Å². The Balaban J connectivity index is 1.82. The van der Waals surface area contributed by atoms with Gasteiger partial charge >= 0.3 is 11.7 Å². The van der Waals surface area contributed by atoms with E-state index >= 15 is 0 Å². The number of likely N-dealkylation sites (tertiary alicyclic amines) is 1. The third kappa shape index (κ3) is 3.22. The zero-order chi connectivity index (χ0) is 17.1. The molecule has 0 spiro atoms. The van der Waals surface area contributed by atoms with Crippen LogP contribution in [0, 0.1) is 16.0 Å². The number of amides is 2. The number of pyridine rings is 1. The predicted molar refractivity (Wildman–Crippen MR) is 86.5 cm³/mol. The molecule has 3 rings (SSSR count). The largest absolute Gasteiger partial charge is 0.467 e. The fourth-order valence-corrected chi connectivity index (χ4v) is 2.96. The van der Waals surface area contributed by atoms with Crippen LogP contribution in [0.25, 0.3) is 0 Å². The third-order valence-electron chi connectivity index (χ3n) is 4.24. The van der Waals surface area contributed by atoms with Crippen molar-refractivity contribution in [3.05, 3.63) is 52.7 Å². The molecule has 0 saturated carbocycles. The molecular weight excluding hydrogens is 312 g/mol. The highest BCUT2D eigenvalue weighted by atomic mass is 16.6. The van der Waals surface area contributed by atoms with Gasteiger partial charge in [-0.3, -0.25) is 15.1 Å². The van der Waals surface area contributed by atoms with Gasteiger partial charge in [0, 0.05) is 12.7 Å². The average Bonchev–Trinajstić information content (AvgIpc) is 3.09. The zero-order valence-electron chi connectivity index (χ0n) is 13.2. The minimum Gasteiger partial charge on any atom is -0.467 e. The maximum atomic E-state index is 12.7. The van der Waals surface area contributed by atoms with E-state index in [4.69, 9.17) is 4.42 Å². The molecule has 1 aliphatic rings. The van der Waals surface area contributed by atoms with Crippen LogP contribution in [0.5, 0.6) is 0 Å². The van der Waals surface area contributed by atoms with Crippen molar-refractivity contribution < 1.29 is 14.1 Å². The lowest BCUT2D eigenvalue weighted by atomic mass is 9.91. The summed E-state index contributed by atoms with van der Waals surface area (Å²) in [5.74, 6) is 1.19. The Labute approximate surface area is 138 Å². The number of nitro groups is 1. The minimum absolute atomic E-state index is 0.136. The Bertz CT molecular complexity index is 731. The number of rotatable bonds is 3. The van der Waals surface area contributed by atoms with Crippen LogP contribution in [-0.4, -0.2) is 27.4 Å². The van der Waals surface area contributed by atoms with E-state index in [0.29, 0.717) is 12.5 Å². The van der Waals surface area contributed by atoms with Crippen LogP contribution in [-0.2, 0) is 0 Å². The Morgan fingerprint density at radius 1 is 1.50 bits per heavy atom. The molecule has 126 valence electrons. The van der Waals surface area contributed by atoms with Gasteiger partial charge in [-0.05, 0) is 37.0 Å². The van der Waals surface area contributed by atoms with E-state index in [1.165, 1.54) is 12.3 Å². The number of carbonyl (C=O) groups excluding carboxylic acids is 1. The van der Waals surface area contributed by atoms with Crippen molar-refractivity contribution in [2.45, 2.75) is 25.8 Å². The second-order valence-corrected chi connectivity index (χ2v) is 5.93. The summed E-state index contributed by atoms with van der Waals surface area (Å²) >= 11 is 0. The third-order valence-corrected chi connectivity index (χ3v) is 4.24. The highest BCUT2D eigenvalue weighted by Crippen LogP contribution is 2.35. The van der Waals surface area contributed by atoms with E-state index in [-0.39, 0.29) is 23.4 Å². The molecule has 0 aliphatic carbocycles. The standard InChI is InChI=1S/C16H18N4O4/c1-11-5-7-19(13(9-11)15-3-2-8-24-15)16(21)18-12-4-6-17-10-14(12)20(22)23/h2-4,6,8,10-11,13H,5,7,9H2,1H3,(H,17,18,21)/t11-,13+/m0/s1. The summed E-state index contributed by atoms with van der Waals surface area (Å²) in [4.78, 5) is 28.6. The first-order chi connectivity index (χ1) is 11.6. The van der Waals surface area contributed by atoms with Crippen molar-refractivity contribution in [1.29, 1.82) is 0 Å². The number of carbonyl (C=O) groups is 1. The number of hydrogen-bond donors (Lipinski definition) is 1. The van der Waals surface area contributed by atoms with Gasteiger partial charge in [-0.1, -0.05) is 6.92 Å². The topological polar surface area (TPSA) is 102 Å². The molecule has 2 aromatic heterocycles. The molecule has 1 N–H and O–H groups in total. The van der Waals surface area contributed by atoms with Gasteiger partial charge in [0.15, 0.2) is 0 Å². The fourth-order valence-electron chi connectivity index (χ4n) is 2.96. The first kappa shape index (κ1) is 16.0. The molecule has 0 radical (unpaired) electrons. The molecule has 2 amide bonds. The average molecular weight is 330 g/mol. The summed E-state index contributed by atoms with van der Waals surface area (Å²) in [6.07, 6.45) is 5.78. The van der Waals surface area contributed by atoms with Crippen LogP contribution in [0.3, 0.4) is 0 Å². The van der Waals surface area contributed by atoms with E-state index in [2.05, 4.69) is 17.2 Å². The highest BCUT2D eigenvalue weighted by Gasteiger charge is 2.33. The number of anilines is 1. The Morgan fingerprint density at radius 2 is 2.33 bits per heavy atom. The normalized spacial score (nSPS) is 20.6. The second-order valence-electron chi connectivity index (χ2n) is 5.93. The first-order valence-corrected chi connectivity index (χ1v) is 7.75. The minimum atomic E-state index is -0.565. The molecule has 0 bridgehead atoms. The van der Waals surface area contributed by atoms with E-state index < -0.39 is 4.92 Å². The zero-order valence-corrected chi connectivity index (χ0v) is 13.2. The molecule has 0 aromatic carbocycles. The lowest BCUT2D eigenvalue weighted by Crippen LogP contribution is -2.42. The fraction of sp³-hybridized carbons (Fsp3) is 0.375. The van der Waals surface area contributed by atoms with Gasteiger partial charge in [-0.15, -0.1) is 0 Å². The van der Waals surface area contributed by atoms with Crippen LogP contribution in [0.4, 0.5) is 16.2 Å². The van der Waals surface area contributed by atoms with Crippen LogP contribution in [0.15, 0.2) is 41.3 Å². The molecule has 1 saturated heterocycles. The van der Waals surface area contributed by atoms with Gasteiger partial charge in [-0.2, -0.15) is 0 Å². The molecule has 8 nitrogen and oxygen atoms in total. The molecule has 2 atom stereocenters. The van der Waals surface area contributed by atoms with Crippen LogP contribution < -0.4 is 5.32 Å². The molecule has 1 fully saturated rings. The number of nitrogens with one attached hydrogen (secondary N) is 1. The lowest BCUT2D eigenvalue weighted by molar-refractivity contribution is -0.384. The second kappa shape index (κ2) is 6.69. The molecular formula is C16H18N4O4. The van der Waals surface area contributed by atoms with Gasteiger partial charge in [0.05, 0.1) is 17.2 Å². The Morgan fingerprint density at radius 3 is 3.04 bits per heavy atom. The maximum absolute atomic E-state index is 12.7. The molecule has 1 aliphatic heterocycles. The highest BCUT2D eigenvalue weighted by molar-refractivity contribution is 5.92. The summed E-state index contributed by atoms with van der Waals surface area (Å²) in [6.45, 7) is 2.70. The Kier molecular flexibility index (Phi) is 4.45. The molecule has 2 aromatic rings. The van der Waals surface area contributed by atoms with Crippen molar-refractivity contribution in [2.75, 3.05) is 11.9 Å². The van der Waals surface area contributed by atoms with Crippen LogP contribution in [0.1, 0.15) is 31.6 Å². The molecule has 24 heavy (non-hydrogen) atoms. The first-order valence-electron chi connectivity index (χ1n) is 7.75. The predicted octanol–water partition coefficient (Wildman–Crippen LogP) is 3.59. The molecule has 0 unspecified atom stereocenters. The van der Waals surface area contributed by atoms with Crippen molar-refractivity contribution in [2.24, 2.45) is 5.92 Å². The van der Waals surface area contributed by atoms with E-state index in [0.717, 1.165) is 24.8 Å². The summed E-state index contributed by atoms with van der Waals surface area (Å²) < 4.78 is 5.47. The summed E-state index contributed by atoms with van der Waals surface area (Å²) in [7, 11) is 0. The Hall–Kier alpha value is -2.90. The van der Waals surface area contributed by atoms with Crippen molar-refractivity contribution in [3.8, 4) is 0 Å². The lowest BCUT2D eigenvalue weighted by Gasteiger charge is -2.37. The summed E-state index contributed by atoms with van der Waals surface area (Å²) in [5, 5.41) is 13.7. The quantitative estimate of drug-likeness (QED) is 0.684. The van der Waals surface area contributed by atoms with Gasteiger partial charge in [0.25, 0.3) is 0 Å². The smallest absolute Gasteiger partial charge is 0.322 e. The van der Waals surface area contributed by atoms with Gasteiger partial charge in [0.1, 0.15) is 17.6 Å². The number of nitrogens with zero attached hydrogens (tertiary/aromatic N) is 3. The van der Waals surface area contributed by atoms with E-state index in [1.807, 2.05) is 6.07 Å². The van der Waals surface area contributed by atoms with Gasteiger partial charge in [-0.25, -0.2) is 4.79 Å². The van der Waals surface area contributed by atoms with Crippen molar-refractivity contribution in [3.63, 3.8) is 0 Å². The molecule has 8 heteroatoms. The van der Waals surface area contributed by atoms with Crippen molar-refractivity contribution >= 4 is 17.4 Å². The number of urea groups is 1. The number of hydrogen-bond acceptors (Lipinski definition) is 5. The van der Waals surface area contributed by atoms with Gasteiger partial charge < -0.3 is 14.6 Å². The van der Waals surface area contributed by atoms with Gasteiger partial charge in [0.2, 0.25) is 0 Å². The summed E-state index contributed by atoms with van der Waals surface area (Å²) in [6, 6.07) is 4.50. The maximum Gasteiger partial charge on any atom is 0.322 e. The number of aromatic nitrogens is 1. The van der Waals surface area contributed by atoms with E-state index in [1.54, 1.807) is 17.2 Å². The molecule has 3 heterocycles.